The summed E-state index contributed by atoms with van der Waals surface area (Å²) in [6.45, 7) is 1.16. The van der Waals surface area contributed by atoms with E-state index in [-0.39, 0.29) is 17.9 Å². The number of anilines is 2. The highest BCUT2D eigenvalue weighted by atomic mass is 35.5. The minimum Gasteiger partial charge on any atom is -0.323 e. The lowest BCUT2D eigenvalue weighted by atomic mass is 10.1. The van der Waals surface area contributed by atoms with Crippen LogP contribution in [0.3, 0.4) is 0 Å². The van der Waals surface area contributed by atoms with Gasteiger partial charge in [0.25, 0.3) is 0 Å². The molecule has 1 aliphatic heterocycles. The van der Waals surface area contributed by atoms with Gasteiger partial charge in [-0.15, -0.1) is 11.6 Å². The topological polar surface area (TPSA) is 49.4 Å². The second-order valence-corrected chi connectivity index (χ2v) is 4.97. The number of alkyl halides is 4. The fourth-order valence-corrected chi connectivity index (χ4v) is 2.00. The zero-order chi connectivity index (χ0) is 15.1. The van der Waals surface area contributed by atoms with Crippen LogP contribution < -0.4 is 10.2 Å². The second kappa shape index (κ2) is 4.97. The first-order valence-electron chi connectivity index (χ1n) is 5.66. The molecule has 0 spiro atoms. The molecule has 2 amide bonds. The summed E-state index contributed by atoms with van der Waals surface area (Å²) in [5.74, 6) is -1.11. The van der Waals surface area contributed by atoms with E-state index in [9.17, 15) is 22.8 Å². The van der Waals surface area contributed by atoms with Crippen molar-refractivity contribution in [3.8, 4) is 0 Å². The van der Waals surface area contributed by atoms with Gasteiger partial charge in [0.1, 0.15) is 11.9 Å². The van der Waals surface area contributed by atoms with Crippen molar-refractivity contribution in [1.82, 2.24) is 0 Å². The monoisotopic (exact) mass is 306 g/mol. The van der Waals surface area contributed by atoms with Gasteiger partial charge in [-0.05, 0) is 25.1 Å². The van der Waals surface area contributed by atoms with Crippen molar-refractivity contribution in [2.24, 2.45) is 0 Å². The van der Waals surface area contributed by atoms with Gasteiger partial charge in [-0.3, -0.25) is 14.5 Å². The molecule has 108 valence electrons. The second-order valence-electron chi connectivity index (χ2n) is 4.32. The van der Waals surface area contributed by atoms with Crippen molar-refractivity contribution >= 4 is 34.8 Å². The summed E-state index contributed by atoms with van der Waals surface area (Å²) in [6.07, 6.45) is -4.52. The number of halogens is 4. The van der Waals surface area contributed by atoms with Crippen LogP contribution in [-0.2, 0) is 15.8 Å². The maximum Gasteiger partial charge on any atom is 0.416 e. The van der Waals surface area contributed by atoms with E-state index in [0.29, 0.717) is 0 Å². The van der Waals surface area contributed by atoms with Crippen molar-refractivity contribution in [3.63, 3.8) is 0 Å². The van der Waals surface area contributed by atoms with Crippen molar-refractivity contribution in [2.45, 2.75) is 18.5 Å². The predicted molar refractivity (Wildman–Crippen MR) is 67.7 cm³/mol. The Kier molecular flexibility index (Phi) is 3.64. The predicted octanol–water partition coefficient (Wildman–Crippen LogP) is 2.62. The van der Waals surface area contributed by atoms with Crippen LogP contribution in [0.4, 0.5) is 24.5 Å². The highest BCUT2D eigenvalue weighted by molar-refractivity contribution is 6.33. The van der Waals surface area contributed by atoms with E-state index in [1.54, 1.807) is 0 Å². The first-order valence-corrected chi connectivity index (χ1v) is 6.10. The minimum absolute atomic E-state index is 0.0539. The maximum atomic E-state index is 12.6. The molecule has 0 aromatic heterocycles. The van der Waals surface area contributed by atoms with Gasteiger partial charge < -0.3 is 5.32 Å². The molecule has 0 aliphatic carbocycles. The van der Waals surface area contributed by atoms with Crippen LogP contribution in [0.2, 0.25) is 0 Å². The molecule has 1 aromatic rings. The summed E-state index contributed by atoms with van der Waals surface area (Å²) in [5.41, 5.74) is -0.749. The summed E-state index contributed by atoms with van der Waals surface area (Å²) >= 11 is 5.68. The molecule has 1 atom stereocenters. The van der Waals surface area contributed by atoms with Gasteiger partial charge in [-0.1, -0.05) is 0 Å². The first-order chi connectivity index (χ1) is 9.20. The fraction of sp³-hybridized carbons (Fsp3) is 0.333. The molecule has 1 N–H and O–H groups in total. The van der Waals surface area contributed by atoms with Crippen LogP contribution in [-0.4, -0.2) is 23.7 Å². The first kappa shape index (κ1) is 14.6. The van der Waals surface area contributed by atoms with Crippen molar-refractivity contribution < 1.29 is 22.8 Å². The molecule has 1 unspecified atom stereocenters. The average Bonchev–Trinajstić information content (AvgIpc) is 2.34. The Morgan fingerprint density at radius 1 is 1.45 bits per heavy atom. The van der Waals surface area contributed by atoms with E-state index in [2.05, 4.69) is 5.32 Å². The third kappa shape index (κ3) is 2.72. The highest BCUT2D eigenvalue weighted by Crippen LogP contribution is 2.37. The molecule has 1 heterocycles. The third-order valence-corrected chi connectivity index (χ3v) is 2.98. The van der Waals surface area contributed by atoms with Crippen LogP contribution in [0, 0.1) is 0 Å². The summed E-state index contributed by atoms with van der Waals surface area (Å²) < 4.78 is 37.9. The highest BCUT2D eigenvalue weighted by Gasteiger charge is 2.34. The number of nitrogens with zero attached hydrogens (tertiary/aromatic N) is 1. The van der Waals surface area contributed by atoms with Crippen molar-refractivity contribution in [2.75, 3.05) is 16.8 Å². The lowest BCUT2D eigenvalue weighted by Gasteiger charge is -2.30. The maximum absolute atomic E-state index is 12.6. The number of amides is 2. The average molecular weight is 307 g/mol. The number of hydrogen-bond donors (Lipinski definition) is 1. The standard InChI is InChI=1S/C12H10ClF3N2O2/c1-6(13)11(20)18-5-10(19)17-8-4-7(12(14,15)16)2-3-9(8)18/h2-4,6H,5H2,1H3,(H,17,19). The zero-order valence-electron chi connectivity index (χ0n) is 10.3. The van der Waals surface area contributed by atoms with Crippen LogP contribution in [0.15, 0.2) is 18.2 Å². The molecule has 0 fully saturated rings. The Labute approximate surface area is 117 Å². The number of nitrogens with one attached hydrogen (secondary N) is 1. The van der Waals surface area contributed by atoms with Gasteiger partial charge in [-0.25, -0.2) is 0 Å². The molecule has 1 aromatic carbocycles. The van der Waals surface area contributed by atoms with Crippen molar-refractivity contribution in [3.05, 3.63) is 23.8 Å². The van der Waals surface area contributed by atoms with Gasteiger partial charge in [0.05, 0.1) is 16.9 Å². The van der Waals surface area contributed by atoms with E-state index in [0.717, 1.165) is 23.1 Å². The summed E-state index contributed by atoms with van der Waals surface area (Å²) in [5, 5.41) is 1.44. The molecular formula is C12H10ClF3N2O2. The molecule has 8 heteroatoms. The quantitative estimate of drug-likeness (QED) is 0.811. The van der Waals surface area contributed by atoms with Crippen LogP contribution in [0.1, 0.15) is 12.5 Å². The van der Waals surface area contributed by atoms with E-state index >= 15 is 0 Å². The van der Waals surface area contributed by atoms with Crippen molar-refractivity contribution in [1.29, 1.82) is 0 Å². The van der Waals surface area contributed by atoms with E-state index in [1.807, 2.05) is 0 Å². The van der Waals surface area contributed by atoms with Crippen LogP contribution in [0.5, 0.6) is 0 Å². The summed E-state index contributed by atoms with van der Waals surface area (Å²) in [7, 11) is 0. The number of carbonyl (C=O) groups is 2. The number of carbonyl (C=O) groups excluding carboxylic acids is 2. The number of benzene rings is 1. The van der Waals surface area contributed by atoms with Crippen LogP contribution >= 0.6 is 11.6 Å². The lowest BCUT2D eigenvalue weighted by Crippen LogP contribution is -2.44. The normalized spacial score (nSPS) is 16.4. The minimum atomic E-state index is -4.52. The number of fused-ring (bicyclic) bond motifs is 1. The molecule has 20 heavy (non-hydrogen) atoms. The molecule has 1 aliphatic rings. The Hall–Kier alpha value is -1.76. The smallest absolute Gasteiger partial charge is 0.323 e. The Balaban J connectivity index is 2.47. The Bertz CT molecular complexity index is 572. The molecule has 0 radical (unpaired) electrons. The van der Waals surface area contributed by atoms with Crippen LogP contribution in [0.25, 0.3) is 0 Å². The largest absolute Gasteiger partial charge is 0.416 e. The zero-order valence-corrected chi connectivity index (χ0v) is 11.0. The van der Waals surface area contributed by atoms with E-state index in [1.165, 1.54) is 6.92 Å². The SMILES string of the molecule is CC(Cl)C(=O)N1CC(=O)Nc2cc(C(F)(F)F)ccc21. The molecule has 0 bridgehead atoms. The molecule has 0 saturated heterocycles. The molecule has 2 rings (SSSR count). The number of rotatable bonds is 1. The molecule has 0 saturated carbocycles. The molecule has 4 nitrogen and oxygen atoms in total. The summed E-state index contributed by atoms with van der Waals surface area (Å²) in [4.78, 5) is 24.5. The Morgan fingerprint density at radius 3 is 2.65 bits per heavy atom. The van der Waals surface area contributed by atoms with Gasteiger partial charge >= 0.3 is 6.18 Å². The Morgan fingerprint density at radius 2 is 2.10 bits per heavy atom. The summed E-state index contributed by atoms with van der Waals surface area (Å²) in [6, 6.07) is 2.80. The number of hydrogen-bond acceptors (Lipinski definition) is 2. The molecular weight excluding hydrogens is 297 g/mol. The van der Waals surface area contributed by atoms with Gasteiger partial charge in [0.2, 0.25) is 11.8 Å². The third-order valence-electron chi connectivity index (χ3n) is 2.80. The van der Waals surface area contributed by atoms with Gasteiger partial charge in [0.15, 0.2) is 0 Å². The van der Waals surface area contributed by atoms with Gasteiger partial charge in [0, 0.05) is 0 Å². The van der Waals surface area contributed by atoms with E-state index < -0.39 is 28.9 Å². The van der Waals surface area contributed by atoms with Gasteiger partial charge in [-0.2, -0.15) is 13.2 Å². The fourth-order valence-electron chi connectivity index (χ4n) is 1.88. The lowest BCUT2D eigenvalue weighted by molar-refractivity contribution is -0.137. The van der Waals surface area contributed by atoms with E-state index in [4.69, 9.17) is 11.6 Å².